The number of ether oxygens (including phenoxy) is 1. The van der Waals surface area contributed by atoms with Crippen LogP contribution in [-0.4, -0.2) is 16.1 Å². The van der Waals surface area contributed by atoms with Crippen molar-refractivity contribution in [2.45, 2.75) is 13.3 Å². The predicted molar refractivity (Wildman–Crippen MR) is 122 cm³/mol. The molecule has 4 rings (SSSR count). The van der Waals surface area contributed by atoms with Gasteiger partial charge in [-0.05, 0) is 47.7 Å². The van der Waals surface area contributed by atoms with Gasteiger partial charge in [0.05, 0.1) is 0 Å². The summed E-state index contributed by atoms with van der Waals surface area (Å²) in [6.45, 7) is 1.82. The van der Waals surface area contributed by atoms with E-state index >= 15 is 0 Å². The summed E-state index contributed by atoms with van der Waals surface area (Å²) in [5.74, 6) is 1.03. The Hall–Kier alpha value is -3.64. The molecule has 0 bridgehead atoms. The highest BCUT2D eigenvalue weighted by atomic mass is 32.1. The molecule has 6 heteroatoms. The smallest absolute Gasteiger partial charge is 0.331 e. The third kappa shape index (κ3) is 3.90. The molecule has 0 amide bonds. The standard InChI is InChI=1S/C24H20N2O3S/c1-2-15(24(27)28)12-17-13-26-23(25)21-20(14-30-22(17)21)16-8-10-19(11-9-16)29-18-6-4-3-5-7-18/h3-14H,2H2,1H3,(H2,25,26)(H,27,28). The maximum absolute atomic E-state index is 11.4. The van der Waals surface area contributed by atoms with Gasteiger partial charge >= 0.3 is 5.97 Å². The van der Waals surface area contributed by atoms with E-state index in [-0.39, 0.29) is 0 Å². The fraction of sp³-hybridized carbons (Fsp3) is 0.0833. The van der Waals surface area contributed by atoms with Gasteiger partial charge in [0.2, 0.25) is 0 Å². The van der Waals surface area contributed by atoms with Crippen molar-refractivity contribution in [3.8, 4) is 22.6 Å². The minimum Gasteiger partial charge on any atom is -0.478 e. The number of carboxylic acids is 1. The van der Waals surface area contributed by atoms with Crippen LogP contribution in [0, 0.1) is 0 Å². The van der Waals surface area contributed by atoms with Gasteiger partial charge in [-0.3, -0.25) is 0 Å². The molecule has 2 heterocycles. The third-order valence-corrected chi connectivity index (χ3v) is 5.81. The first-order chi connectivity index (χ1) is 14.6. The highest BCUT2D eigenvalue weighted by Crippen LogP contribution is 2.39. The SMILES string of the molecule is CCC(=Cc1cnc(N)c2c(-c3ccc(Oc4ccccc4)cc3)csc12)C(=O)O. The molecule has 5 nitrogen and oxygen atoms in total. The largest absolute Gasteiger partial charge is 0.478 e. The number of rotatable bonds is 6. The van der Waals surface area contributed by atoms with Crippen LogP contribution in [0.4, 0.5) is 5.82 Å². The van der Waals surface area contributed by atoms with E-state index in [1.165, 1.54) is 11.3 Å². The van der Waals surface area contributed by atoms with E-state index in [0.29, 0.717) is 17.8 Å². The van der Waals surface area contributed by atoms with E-state index in [1.807, 2.05) is 66.9 Å². The summed E-state index contributed by atoms with van der Waals surface area (Å²) >= 11 is 1.53. The molecule has 0 saturated heterocycles. The van der Waals surface area contributed by atoms with Crippen molar-refractivity contribution in [2.75, 3.05) is 5.73 Å². The van der Waals surface area contributed by atoms with E-state index in [9.17, 15) is 9.90 Å². The van der Waals surface area contributed by atoms with Crippen LogP contribution >= 0.6 is 11.3 Å². The number of nitrogen functional groups attached to an aromatic ring is 1. The number of nitrogens with two attached hydrogens (primary N) is 1. The van der Waals surface area contributed by atoms with Crippen molar-refractivity contribution in [1.82, 2.24) is 4.98 Å². The quantitative estimate of drug-likeness (QED) is 0.365. The van der Waals surface area contributed by atoms with E-state index in [1.54, 1.807) is 12.3 Å². The van der Waals surface area contributed by atoms with Crippen LogP contribution in [0.15, 0.2) is 71.7 Å². The number of anilines is 1. The van der Waals surface area contributed by atoms with Gasteiger partial charge < -0.3 is 15.6 Å². The molecule has 0 fully saturated rings. The molecule has 0 atom stereocenters. The molecule has 0 aliphatic heterocycles. The van der Waals surface area contributed by atoms with Crippen LogP contribution < -0.4 is 10.5 Å². The Morgan fingerprint density at radius 3 is 2.50 bits per heavy atom. The summed E-state index contributed by atoms with van der Waals surface area (Å²) in [7, 11) is 0. The zero-order chi connectivity index (χ0) is 21.1. The lowest BCUT2D eigenvalue weighted by molar-refractivity contribution is -0.132. The fourth-order valence-corrected chi connectivity index (χ4v) is 4.30. The first kappa shape index (κ1) is 19.7. The Bertz CT molecular complexity index is 1230. The molecule has 0 aliphatic carbocycles. The zero-order valence-electron chi connectivity index (χ0n) is 16.3. The number of thiophene rings is 1. The van der Waals surface area contributed by atoms with Crippen molar-refractivity contribution < 1.29 is 14.6 Å². The molecule has 4 aromatic rings. The summed E-state index contributed by atoms with van der Waals surface area (Å²) < 4.78 is 6.79. The highest BCUT2D eigenvalue weighted by molar-refractivity contribution is 7.18. The van der Waals surface area contributed by atoms with Crippen LogP contribution in [0.25, 0.3) is 27.3 Å². The number of pyridine rings is 1. The van der Waals surface area contributed by atoms with E-state index in [4.69, 9.17) is 10.5 Å². The maximum Gasteiger partial charge on any atom is 0.331 e. The molecular formula is C24H20N2O3S. The Kier molecular flexibility index (Phi) is 5.50. The van der Waals surface area contributed by atoms with E-state index in [2.05, 4.69) is 4.98 Å². The van der Waals surface area contributed by atoms with Crippen LogP contribution in [0.5, 0.6) is 11.5 Å². The number of fused-ring (bicyclic) bond motifs is 1. The number of nitrogens with zero attached hydrogens (tertiary/aromatic N) is 1. The van der Waals surface area contributed by atoms with Crippen LogP contribution in [0.3, 0.4) is 0 Å². The highest BCUT2D eigenvalue weighted by Gasteiger charge is 2.15. The molecule has 0 aliphatic rings. The first-order valence-electron chi connectivity index (χ1n) is 9.49. The number of aliphatic carboxylic acids is 1. The number of aromatic nitrogens is 1. The average molecular weight is 417 g/mol. The first-order valence-corrected chi connectivity index (χ1v) is 10.4. The Morgan fingerprint density at radius 1 is 1.13 bits per heavy atom. The molecule has 0 unspecified atom stereocenters. The number of hydrogen-bond donors (Lipinski definition) is 2. The van der Waals surface area contributed by atoms with Crippen molar-refractivity contribution in [1.29, 1.82) is 0 Å². The molecule has 30 heavy (non-hydrogen) atoms. The van der Waals surface area contributed by atoms with Crippen LogP contribution in [-0.2, 0) is 4.79 Å². The molecule has 0 saturated carbocycles. The number of para-hydroxylation sites is 1. The van der Waals surface area contributed by atoms with Gasteiger partial charge in [-0.15, -0.1) is 11.3 Å². The van der Waals surface area contributed by atoms with Crippen LogP contribution in [0.1, 0.15) is 18.9 Å². The summed E-state index contributed by atoms with van der Waals surface area (Å²) in [6.07, 6.45) is 3.74. The summed E-state index contributed by atoms with van der Waals surface area (Å²) in [5.41, 5.74) is 9.25. The molecular weight excluding hydrogens is 396 g/mol. The number of carboxylic acid groups (broad SMARTS) is 1. The van der Waals surface area contributed by atoms with Gasteiger partial charge in [0, 0.05) is 33.0 Å². The maximum atomic E-state index is 11.4. The molecule has 2 aromatic heterocycles. The van der Waals surface area contributed by atoms with Gasteiger partial charge in [0.25, 0.3) is 0 Å². The van der Waals surface area contributed by atoms with E-state index in [0.717, 1.165) is 38.3 Å². The molecule has 3 N–H and O–H groups in total. The normalized spacial score (nSPS) is 11.6. The predicted octanol–water partition coefficient (Wildman–Crippen LogP) is 6.22. The second kappa shape index (κ2) is 8.39. The Labute approximate surface area is 178 Å². The number of hydrogen-bond acceptors (Lipinski definition) is 5. The monoisotopic (exact) mass is 416 g/mol. The number of carbonyl (C=O) groups is 1. The fourth-order valence-electron chi connectivity index (χ4n) is 3.23. The van der Waals surface area contributed by atoms with Gasteiger partial charge in [0.1, 0.15) is 17.3 Å². The summed E-state index contributed by atoms with van der Waals surface area (Å²) in [6, 6.07) is 17.4. The molecule has 0 radical (unpaired) electrons. The van der Waals surface area contributed by atoms with Gasteiger partial charge in [-0.1, -0.05) is 37.3 Å². The lowest BCUT2D eigenvalue weighted by Crippen LogP contribution is -1.99. The van der Waals surface area contributed by atoms with Gasteiger partial charge in [0.15, 0.2) is 0 Å². The summed E-state index contributed by atoms with van der Waals surface area (Å²) in [5, 5.41) is 12.2. The minimum absolute atomic E-state index is 0.334. The minimum atomic E-state index is -0.923. The molecule has 2 aromatic carbocycles. The Morgan fingerprint density at radius 2 is 1.83 bits per heavy atom. The number of benzene rings is 2. The molecule has 150 valence electrons. The van der Waals surface area contributed by atoms with E-state index < -0.39 is 5.97 Å². The second-order valence-electron chi connectivity index (χ2n) is 6.72. The van der Waals surface area contributed by atoms with Crippen molar-refractivity contribution >= 4 is 39.3 Å². The third-order valence-electron chi connectivity index (χ3n) is 4.78. The van der Waals surface area contributed by atoms with Crippen LogP contribution in [0.2, 0.25) is 0 Å². The Balaban J connectivity index is 1.71. The second-order valence-corrected chi connectivity index (χ2v) is 7.60. The van der Waals surface area contributed by atoms with Crippen molar-refractivity contribution in [3.63, 3.8) is 0 Å². The van der Waals surface area contributed by atoms with Crippen molar-refractivity contribution in [2.24, 2.45) is 0 Å². The lowest BCUT2D eigenvalue weighted by Gasteiger charge is -2.08. The average Bonchev–Trinajstić information content (AvgIpc) is 3.21. The summed E-state index contributed by atoms with van der Waals surface area (Å²) in [4.78, 5) is 15.7. The van der Waals surface area contributed by atoms with Crippen molar-refractivity contribution in [3.05, 3.63) is 77.3 Å². The van der Waals surface area contributed by atoms with Gasteiger partial charge in [-0.2, -0.15) is 0 Å². The topological polar surface area (TPSA) is 85.4 Å². The lowest BCUT2D eigenvalue weighted by atomic mass is 10.0. The molecule has 0 spiro atoms. The zero-order valence-corrected chi connectivity index (χ0v) is 17.1. The van der Waals surface area contributed by atoms with Gasteiger partial charge in [-0.25, -0.2) is 9.78 Å².